The van der Waals surface area contributed by atoms with Gasteiger partial charge in [-0.25, -0.2) is 17.9 Å². The topological polar surface area (TPSA) is 38.1 Å². The second-order valence-electron chi connectivity index (χ2n) is 6.88. The first-order valence-electron chi connectivity index (χ1n) is 8.81. The summed E-state index contributed by atoms with van der Waals surface area (Å²) in [5.41, 5.74) is 1.90. The zero-order valence-electron chi connectivity index (χ0n) is 15.8. The molecule has 0 atom stereocenters. The number of benzene rings is 2. The molecule has 0 aliphatic heterocycles. The molecule has 0 radical (unpaired) electrons. The van der Waals surface area contributed by atoms with Gasteiger partial charge in [-0.05, 0) is 36.2 Å². The van der Waals surface area contributed by atoms with Crippen LogP contribution in [-0.2, 0) is 6.54 Å². The van der Waals surface area contributed by atoms with Gasteiger partial charge in [-0.3, -0.25) is 4.79 Å². The minimum absolute atomic E-state index is 0.00971. The molecule has 0 unspecified atom stereocenters. The lowest BCUT2D eigenvalue weighted by molar-refractivity contribution is 0.0782. The van der Waals surface area contributed by atoms with Gasteiger partial charge in [0.2, 0.25) is 0 Å². The van der Waals surface area contributed by atoms with Crippen LogP contribution < -0.4 is 0 Å². The number of hydrogen-bond donors (Lipinski definition) is 0. The van der Waals surface area contributed by atoms with E-state index >= 15 is 0 Å². The fourth-order valence-electron chi connectivity index (χ4n) is 3.05. The zero-order valence-corrected chi connectivity index (χ0v) is 15.8. The Kier molecular flexibility index (Phi) is 5.53. The molecule has 0 aliphatic rings. The van der Waals surface area contributed by atoms with Crippen LogP contribution in [0.4, 0.5) is 13.2 Å². The molecule has 0 aliphatic carbocycles. The smallest absolute Gasteiger partial charge is 0.257 e. The molecule has 7 heteroatoms. The van der Waals surface area contributed by atoms with Crippen molar-refractivity contribution in [1.29, 1.82) is 0 Å². The Morgan fingerprint density at radius 1 is 1.07 bits per heavy atom. The normalized spacial score (nSPS) is 11.1. The van der Waals surface area contributed by atoms with Crippen LogP contribution in [0.1, 0.15) is 41.4 Å². The van der Waals surface area contributed by atoms with E-state index in [1.165, 1.54) is 29.3 Å². The van der Waals surface area contributed by atoms with Crippen LogP contribution in [0.2, 0.25) is 0 Å². The molecular weight excluding hydrogens is 367 g/mol. The van der Waals surface area contributed by atoms with E-state index < -0.39 is 11.6 Å². The summed E-state index contributed by atoms with van der Waals surface area (Å²) < 4.78 is 41.8. The summed E-state index contributed by atoms with van der Waals surface area (Å²) in [5, 5.41) is 4.30. The van der Waals surface area contributed by atoms with Gasteiger partial charge in [-0.2, -0.15) is 5.10 Å². The summed E-state index contributed by atoms with van der Waals surface area (Å²) in [6.45, 7) is 3.84. The van der Waals surface area contributed by atoms with Gasteiger partial charge in [0.1, 0.15) is 17.5 Å². The van der Waals surface area contributed by atoms with Crippen LogP contribution in [-0.4, -0.2) is 27.6 Å². The van der Waals surface area contributed by atoms with Gasteiger partial charge in [0.25, 0.3) is 5.91 Å². The number of aromatic nitrogens is 2. The van der Waals surface area contributed by atoms with Gasteiger partial charge in [0.15, 0.2) is 0 Å². The highest BCUT2D eigenvalue weighted by atomic mass is 19.1. The SMILES string of the molecule is CC(C)c1c(C(=O)N(C)Cc2ccc(F)cc2F)cnn1-c1ccc(F)cc1. The molecule has 1 amide bonds. The Bertz CT molecular complexity index is 997. The van der Waals surface area contributed by atoms with Crippen LogP contribution in [0.15, 0.2) is 48.7 Å². The summed E-state index contributed by atoms with van der Waals surface area (Å²) in [7, 11) is 1.55. The maximum atomic E-state index is 13.9. The predicted molar refractivity (Wildman–Crippen MR) is 99.8 cm³/mol. The van der Waals surface area contributed by atoms with Crippen molar-refractivity contribution in [3.63, 3.8) is 0 Å². The van der Waals surface area contributed by atoms with Crippen LogP contribution in [0.3, 0.4) is 0 Å². The minimum Gasteiger partial charge on any atom is -0.337 e. The highest BCUT2D eigenvalue weighted by Crippen LogP contribution is 2.25. The third-order valence-electron chi connectivity index (χ3n) is 4.42. The molecule has 0 saturated heterocycles. The Balaban J connectivity index is 1.91. The minimum atomic E-state index is -0.703. The van der Waals surface area contributed by atoms with E-state index in [9.17, 15) is 18.0 Å². The van der Waals surface area contributed by atoms with E-state index in [2.05, 4.69) is 5.10 Å². The molecule has 0 saturated carbocycles. The molecule has 2 aromatic carbocycles. The molecule has 0 fully saturated rings. The van der Waals surface area contributed by atoms with E-state index in [1.54, 1.807) is 23.9 Å². The van der Waals surface area contributed by atoms with Crippen molar-refractivity contribution in [2.45, 2.75) is 26.3 Å². The average Bonchev–Trinajstić information content (AvgIpc) is 3.09. The largest absolute Gasteiger partial charge is 0.337 e. The van der Waals surface area contributed by atoms with Gasteiger partial charge in [-0.1, -0.05) is 19.9 Å². The van der Waals surface area contributed by atoms with E-state index in [4.69, 9.17) is 0 Å². The van der Waals surface area contributed by atoms with Crippen molar-refractivity contribution < 1.29 is 18.0 Å². The zero-order chi connectivity index (χ0) is 20.4. The molecule has 0 bridgehead atoms. The molecule has 3 rings (SSSR count). The Labute approximate surface area is 161 Å². The Morgan fingerprint density at radius 3 is 2.32 bits per heavy atom. The second kappa shape index (κ2) is 7.88. The van der Waals surface area contributed by atoms with Gasteiger partial charge in [0.05, 0.1) is 23.1 Å². The molecule has 1 heterocycles. The Hall–Kier alpha value is -3.09. The van der Waals surface area contributed by atoms with Gasteiger partial charge >= 0.3 is 0 Å². The van der Waals surface area contributed by atoms with Crippen LogP contribution >= 0.6 is 0 Å². The van der Waals surface area contributed by atoms with Crippen molar-refractivity contribution in [3.8, 4) is 5.69 Å². The lowest BCUT2D eigenvalue weighted by atomic mass is 10.0. The van der Waals surface area contributed by atoms with E-state index in [1.807, 2.05) is 13.8 Å². The van der Waals surface area contributed by atoms with Crippen molar-refractivity contribution in [3.05, 3.63) is 82.9 Å². The summed E-state index contributed by atoms with van der Waals surface area (Å²) in [6.07, 6.45) is 1.46. The van der Waals surface area contributed by atoms with Gasteiger partial charge in [-0.15, -0.1) is 0 Å². The first-order valence-corrected chi connectivity index (χ1v) is 8.81. The highest BCUT2D eigenvalue weighted by molar-refractivity contribution is 5.95. The fraction of sp³-hybridized carbons (Fsp3) is 0.238. The quantitative estimate of drug-likeness (QED) is 0.637. The number of carbonyl (C=O) groups excluding carboxylic acids is 1. The molecule has 146 valence electrons. The Morgan fingerprint density at radius 2 is 1.71 bits per heavy atom. The molecular formula is C21H20F3N3O. The number of amides is 1. The first kappa shape index (κ1) is 19.7. The van der Waals surface area contributed by atoms with Crippen molar-refractivity contribution in [1.82, 2.24) is 14.7 Å². The fourth-order valence-corrected chi connectivity index (χ4v) is 3.05. The number of carbonyl (C=O) groups is 1. The number of nitrogens with zero attached hydrogens (tertiary/aromatic N) is 3. The lowest BCUT2D eigenvalue weighted by Crippen LogP contribution is -2.27. The maximum Gasteiger partial charge on any atom is 0.257 e. The third kappa shape index (κ3) is 3.93. The van der Waals surface area contributed by atoms with E-state index in [-0.39, 0.29) is 29.8 Å². The average molecular weight is 387 g/mol. The highest BCUT2D eigenvalue weighted by Gasteiger charge is 2.24. The lowest BCUT2D eigenvalue weighted by Gasteiger charge is -2.19. The number of hydrogen-bond acceptors (Lipinski definition) is 2. The second-order valence-corrected chi connectivity index (χ2v) is 6.88. The van der Waals surface area contributed by atoms with Crippen molar-refractivity contribution >= 4 is 5.91 Å². The number of halogens is 3. The molecule has 3 aromatic rings. The number of rotatable bonds is 5. The summed E-state index contributed by atoms with van der Waals surface area (Å²) in [4.78, 5) is 14.3. The summed E-state index contributed by atoms with van der Waals surface area (Å²) in [5.74, 6) is -2.11. The van der Waals surface area contributed by atoms with E-state index in [0.29, 0.717) is 16.9 Å². The molecule has 4 nitrogen and oxygen atoms in total. The van der Waals surface area contributed by atoms with Crippen LogP contribution in [0.25, 0.3) is 5.69 Å². The molecule has 1 aromatic heterocycles. The summed E-state index contributed by atoms with van der Waals surface area (Å²) >= 11 is 0. The molecule has 28 heavy (non-hydrogen) atoms. The monoisotopic (exact) mass is 387 g/mol. The molecule has 0 spiro atoms. The van der Waals surface area contributed by atoms with Crippen LogP contribution in [0.5, 0.6) is 0 Å². The summed E-state index contributed by atoms with van der Waals surface area (Å²) in [6, 6.07) is 9.08. The molecule has 0 N–H and O–H groups in total. The third-order valence-corrected chi connectivity index (χ3v) is 4.42. The van der Waals surface area contributed by atoms with Gasteiger partial charge in [0, 0.05) is 25.2 Å². The van der Waals surface area contributed by atoms with Crippen molar-refractivity contribution in [2.75, 3.05) is 7.05 Å². The predicted octanol–water partition coefficient (Wildman–Crippen LogP) is 4.69. The first-order chi connectivity index (χ1) is 13.3. The van der Waals surface area contributed by atoms with E-state index in [0.717, 1.165) is 12.1 Å². The van der Waals surface area contributed by atoms with Crippen molar-refractivity contribution in [2.24, 2.45) is 0 Å². The van der Waals surface area contributed by atoms with Gasteiger partial charge < -0.3 is 4.90 Å². The maximum absolute atomic E-state index is 13.9. The van der Waals surface area contributed by atoms with Crippen LogP contribution in [0, 0.1) is 17.5 Å². The standard InChI is InChI=1S/C21H20F3N3O/c1-13(2)20-18(11-25-27(20)17-8-6-15(22)7-9-17)21(28)26(3)12-14-4-5-16(23)10-19(14)24/h4-11,13H,12H2,1-3H3.